The number of aryl methyl sites for hydroxylation is 1. The summed E-state index contributed by atoms with van der Waals surface area (Å²) >= 11 is 0. The van der Waals surface area contributed by atoms with Gasteiger partial charge in [0.05, 0.1) is 5.69 Å². The van der Waals surface area contributed by atoms with Gasteiger partial charge in [0.15, 0.2) is 0 Å². The third kappa shape index (κ3) is 3.60. The molecule has 3 nitrogen and oxygen atoms in total. The van der Waals surface area contributed by atoms with E-state index >= 15 is 0 Å². The average Bonchev–Trinajstić information content (AvgIpc) is 2.48. The Morgan fingerprint density at radius 3 is 2.33 bits per heavy atom. The fourth-order valence-corrected chi connectivity index (χ4v) is 2.60. The Morgan fingerprint density at radius 1 is 1.05 bits per heavy atom. The van der Waals surface area contributed by atoms with Gasteiger partial charge in [-0.1, -0.05) is 51.5 Å². The predicted molar refractivity (Wildman–Crippen MR) is 89.7 cm³/mol. The molecule has 0 atom stereocenters. The minimum absolute atomic E-state index is 0.380. The lowest BCUT2D eigenvalue weighted by Gasteiger charge is -2.16. The minimum atomic E-state index is 0.380. The van der Waals surface area contributed by atoms with Crippen LogP contribution in [0.1, 0.15) is 51.2 Å². The van der Waals surface area contributed by atoms with E-state index in [1.807, 2.05) is 0 Å². The van der Waals surface area contributed by atoms with Gasteiger partial charge in [0.1, 0.15) is 12.1 Å². The monoisotopic (exact) mass is 283 g/mol. The van der Waals surface area contributed by atoms with Gasteiger partial charge in [0, 0.05) is 17.7 Å². The Hall–Kier alpha value is -1.90. The van der Waals surface area contributed by atoms with Crippen molar-refractivity contribution < 1.29 is 0 Å². The molecule has 112 valence electrons. The van der Waals surface area contributed by atoms with Crippen LogP contribution in [0.2, 0.25) is 0 Å². The second-order valence-corrected chi connectivity index (χ2v) is 5.62. The zero-order chi connectivity index (χ0) is 15.2. The van der Waals surface area contributed by atoms with E-state index in [0.29, 0.717) is 5.92 Å². The molecule has 1 heterocycles. The van der Waals surface area contributed by atoms with E-state index in [9.17, 15) is 0 Å². The smallest absolute Gasteiger partial charge is 0.133 e. The van der Waals surface area contributed by atoms with Crippen molar-refractivity contribution >= 4 is 5.82 Å². The number of rotatable bonds is 6. The lowest BCUT2D eigenvalue weighted by molar-refractivity contribution is 0.849. The molecule has 21 heavy (non-hydrogen) atoms. The molecule has 0 saturated heterocycles. The van der Waals surface area contributed by atoms with Crippen molar-refractivity contribution in [3.8, 4) is 11.3 Å². The van der Waals surface area contributed by atoms with E-state index in [-0.39, 0.29) is 0 Å². The second-order valence-electron chi connectivity index (χ2n) is 5.62. The van der Waals surface area contributed by atoms with Crippen LogP contribution in [0.25, 0.3) is 11.3 Å². The van der Waals surface area contributed by atoms with Gasteiger partial charge in [-0.3, -0.25) is 0 Å². The Bertz CT molecular complexity index is 574. The van der Waals surface area contributed by atoms with E-state index in [1.165, 1.54) is 23.1 Å². The number of nitrogens with zero attached hydrogens (tertiary/aromatic N) is 2. The van der Waals surface area contributed by atoms with Crippen LogP contribution in [0.15, 0.2) is 30.6 Å². The van der Waals surface area contributed by atoms with E-state index in [1.54, 1.807) is 6.33 Å². The fourth-order valence-electron chi connectivity index (χ4n) is 2.60. The number of anilines is 1. The molecule has 2 rings (SSSR count). The predicted octanol–water partition coefficient (Wildman–Crippen LogP) is 4.65. The molecule has 1 aromatic heterocycles. The Kier molecular flexibility index (Phi) is 5.32. The Balaban J connectivity index is 2.44. The molecule has 0 saturated carbocycles. The first-order valence-corrected chi connectivity index (χ1v) is 7.85. The van der Waals surface area contributed by atoms with Crippen molar-refractivity contribution in [2.75, 3.05) is 11.9 Å². The van der Waals surface area contributed by atoms with Gasteiger partial charge >= 0.3 is 0 Å². The van der Waals surface area contributed by atoms with Gasteiger partial charge in [0.2, 0.25) is 0 Å². The lowest BCUT2D eigenvalue weighted by Crippen LogP contribution is -2.07. The topological polar surface area (TPSA) is 37.8 Å². The maximum atomic E-state index is 4.54. The van der Waals surface area contributed by atoms with Crippen LogP contribution >= 0.6 is 0 Å². The normalized spacial score (nSPS) is 10.9. The highest BCUT2D eigenvalue weighted by Crippen LogP contribution is 2.31. The Labute approximate surface area is 127 Å². The van der Waals surface area contributed by atoms with Crippen molar-refractivity contribution in [3.63, 3.8) is 0 Å². The summed E-state index contributed by atoms with van der Waals surface area (Å²) in [7, 11) is 0. The molecule has 0 bridgehead atoms. The van der Waals surface area contributed by atoms with Crippen molar-refractivity contribution in [2.24, 2.45) is 0 Å². The summed E-state index contributed by atoms with van der Waals surface area (Å²) in [5, 5.41) is 3.35. The quantitative estimate of drug-likeness (QED) is 0.838. The first-order chi connectivity index (χ1) is 10.2. The van der Waals surface area contributed by atoms with Crippen LogP contribution in [-0.4, -0.2) is 16.5 Å². The summed E-state index contributed by atoms with van der Waals surface area (Å²) in [4.78, 5) is 8.94. The van der Waals surface area contributed by atoms with Crippen molar-refractivity contribution in [1.82, 2.24) is 9.97 Å². The van der Waals surface area contributed by atoms with Crippen LogP contribution in [0.4, 0.5) is 5.82 Å². The van der Waals surface area contributed by atoms with Gasteiger partial charge in [-0.2, -0.15) is 0 Å². The highest BCUT2D eigenvalue weighted by atomic mass is 15.0. The molecule has 2 aromatic rings. The summed E-state index contributed by atoms with van der Waals surface area (Å²) in [6.45, 7) is 9.54. The fraction of sp³-hybridized carbons (Fsp3) is 0.444. The molecule has 0 unspecified atom stereocenters. The minimum Gasteiger partial charge on any atom is -0.370 e. The van der Waals surface area contributed by atoms with Gasteiger partial charge in [-0.25, -0.2) is 9.97 Å². The molecule has 1 N–H and O–H groups in total. The molecule has 0 amide bonds. The van der Waals surface area contributed by atoms with Crippen LogP contribution in [0.5, 0.6) is 0 Å². The standard InChI is InChI=1S/C18H25N3/c1-5-7-14-8-10-15(11-9-14)17-16(13(3)4)18(19-6-2)21-12-20-17/h8-13H,5-7H2,1-4H3,(H,19,20,21). The summed E-state index contributed by atoms with van der Waals surface area (Å²) in [6.07, 6.45) is 3.96. The molecule has 0 aliphatic rings. The molecule has 0 fully saturated rings. The molecule has 0 aliphatic heterocycles. The van der Waals surface area contributed by atoms with Crippen molar-refractivity contribution in [1.29, 1.82) is 0 Å². The van der Waals surface area contributed by atoms with Crippen molar-refractivity contribution in [3.05, 3.63) is 41.7 Å². The van der Waals surface area contributed by atoms with Crippen LogP contribution in [0, 0.1) is 0 Å². The number of hydrogen-bond acceptors (Lipinski definition) is 3. The van der Waals surface area contributed by atoms with E-state index in [4.69, 9.17) is 0 Å². The summed E-state index contributed by atoms with van der Waals surface area (Å²) < 4.78 is 0. The second kappa shape index (κ2) is 7.21. The number of nitrogens with one attached hydrogen (secondary N) is 1. The summed E-state index contributed by atoms with van der Waals surface area (Å²) in [5.74, 6) is 1.33. The third-order valence-electron chi connectivity index (χ3n) is 3.57. The molecule has 0 spiro atoms. The third-order valence-corrected chi connectivity index (χ3v) is 3.57. The number of hydrogen-bond donors (Lipinski definition) is 1. The largest absolute Gasteiger partial charge is 0.370 e. The van der Waals surface area contributed by atoms with Crippen LogP contribution in [-0.2, 0) is 6.42 Å². The van der Waals surface area contributed by atoms with Gasteiger partial charge < -0.3 is 5.32 Å². The molecule has 1 aromatic carbocycles. The SMILES string of the molecule is CCCc1ccc(-c2ncnc(NCC)c2C(C)C)cc1. The van der Waals surface area contributed by atoms with E-state index in [0.717, 1.165) is 24.5 Å². The number of aromatic nitrogens is 2. The first kappa shape index (κ1) is 15.5. The van der Waals surface area contributed by atoms with Gasteiger partial charge in [-0.15, -0.1) is 0 Å². The van der Waals surface area contributed by atoms with E-state index < -0.39 is 0 Å². The molecule has 0 aliphatic carbocycles. The maximum absolute atomic E-state index is 4.54. The lowest BCUT2D eigenvalue weighted by atomic mass is 9.96. The number of benzene rings is 1. The molecule has 3 heteroatoms. The summed E-state index contributed by atoms with van der Waals surface area (Å²) in [6, 6.07) is 8.76. The van der Waals surface area contributed by atoms with Crippen LogP contribution < -0.4 is 5.32 Å². The molecular formula is C18H25N3. The molecular weight excluding hydrogens is 258 g/mol. The highest BCUT2D eigenvalue weighted by molar-refractivity contribution is 5.69. The van der Waals surface area contributed by atoms with Gasteiger partial charge in [-0.05, 0) is 24.8 Å². The maximum Gasteiger partial charge on any atom is 0.133 e. The van der Waals surface area contributed by atoms with Crippen LogP contribution in [0.3, 0.4) is 0 Å². The first-order valence-electron chi connectivity index (χ1n) is 7.85. The molecule has 0 radical (unpaired) electrons. The zero-order valence-electron chi connectivity index (χ0n) is 13.5. The Morgan fingerprint density at radius 2 is 1.76 bits per heavy atom. The highest BCUT2D eigenvalue weighted by Gasteiger charge is 2.15. The van der Waals surface area contributed by atoms with Crippen molar-refractivity contribution in [2.45, 2.75) is 46.5 Å². The van der Waals surface area contributed by atoms with E-state index in [2.05, 4.69) is 67.2 Å². The zero-order valence-corrected chi connectivity index (χ0v) is 13.5. The average molecular weight is 283 g/mol. The van der Waals surface area contributed by atoms with Gasteiger partial charge in [0.25, 0.3) is 0 Å². The summed E-state index contributed by atoms with van der Waals surface area (Å²) in [5.41, 5.74) is 4.79.